The Morgan fingerprint density at radius 3 is 0.889 bits per heavy atom. The Morgan fingerprint density at radius 2 is 0.889 bits per heavy atom. The molecule has 0 N–H and O–H groups in total. The lowest BCUT2D eigenvalue weighted by Gasteiger charge is -1.24. The van der Waals surface area contributed by atoms with Crippen molar-refractivity contribution in [1.82, 2.24) is 0 Å². The average molecular weight is 133 g/mol. The van der Waals surface area contributed by atoms with E-state index in [1.165, 1.54) is 13.8 Å². The Labute approximate surface area is 58.3 Å². The van der Waals surface area contributed by atoms with Gasteiger partial charge in [-0.2, -0.15) is 0 Å². The second-order valence-electron chi connectivity index (χ2n) is 0.471. The summed E-state index contributed by atoms with van der Waals surface area (Å²) in [5.41, 5.74) is 0. The smallest absolute Gasteiger partial charge is 0.116 e. The topological polar surface area (TPSA) is 34.1 Å². The summed E-state index contributed by atoms with van der Waals surface area (Å²) in [4.78, 5) is 17.6. The van der Waals surface area contributed by atoms with E-state index >= 15 is 0 Å². The van der Waals surface area contributed by atoms with Crippen LogP contribution in [-0.2, 0) is 9.59 Å². The van der Waals surface area contributed by atoms with Crippen LogP contribution in [-0.4, -0.2) is 12.6 Å². The molecule has 0 radical (unpaired) electrons. The maximum absolute atomic E-state index is 8.81. The lowest BCUT2D eigenvalue weighted by Crippen LogP contribution is -1.36. The van der Waals surface area contributed by atoms with Crippen LogP contribution in [0.15, 0.2) is 0 Å². The highest BCUT2D eigenvalue weighted by Crippen LogP contribution is 1.14. The van der Waals surface area contributed by atoms with Crippen molar-refractivity contribution < 1.29 is 9.59 Å². The van der Waals surface area contributed by atoms with Gasteiger partial charge in [0.25, 0.3) is 0 Å². The zero-order valence-corrected chi connectivity index (χ0v) is 6.97. The van der Waals surface area contributed by atoms with Gasteiger partial charge < -0.3 is 17.0 Å². The molecule has 0 saturated carbocycles. The van der Waals surface area contributed by atoms with Gasteiger partial charge in [0.2, 0.25) is 0 Å². The largest absolute Gasteiger partial charge is 0.358 e. The molecule has 0 aliphatic carbocycles. The van der Waals surface area contributed by atoms with Gasteiger partial charge in [-0.15, -0.1) is 0 Å². The molecule has 0 fully saturated rings. The summed E-state index contributed by atoms with van der Waals surface area (Å²) in [6.07, 6.45) is 1.50. The van der Waals surface area contributed by atoms with Crippen molar-refractivity contribution in [3.05, 3.63) is 7.43 Å². The highest BCUT2D eigenvalue weighted by molar-refractivity contribution is 5.44. The molecule has 2 heteroatoms. The molecule has 0 heterocycles. The molecule has 0 aromatic carbocycles. The van der Waals surface area contributed by atoms with E-state index in [1.807, 2.05) is 13.8 Å². The average Bonchev–Trinajstić information content (AvgIpc) is 1.75. The van der Waals surface area contributed by atoms with Crippen LogP contribution in [0.4, 0.5) is 0 Å². The minimum absolute atomic E-state index is 0. The van der Waals surface area contributed by atoms with E-state index in [9.17, 15) is 0 Å². The predicted molar refractivity (Wildman–Crippen MR) is 41.2 cm³/mol. The molecule has 0 spiro atoms. The van der Waals surface area contributed by atoms with E-state index in [4.69, 9.17) is 9.59 Å². The minimum Gasteiger partial charge on any atom is -0.358 e. The normalized spacial score (nSPS) is 3.56. The van der Waals surface area contributed by atoms with E-state index in [0.29, 0.717) is 0 Å². The summed E-state index contributed by atoms with van der Waals surface area (Å²) in [6, 6.07) is 0. The number of carbonyl (C=O) groups is 2. The first-order chi connectivity index (χ1) is 3.83. The molecule has 9 heavy (non-hydrogen) atoms. The van der Waals surface area contributed by atoms with Gasteiger partial charge in [0.15, 0.2) is 0 Å². The Balaban J connectivity index is -0.0000000202. The SMILES string of the molecule is CC.CC=O.CC=O.[CH3-]. The van der Waals surface area contributed by atoms with Gasteiger partial charge in [-0.05, 0) is 13.8 Å². The zero-order valence-electron chi connectivity index (χ0n) is 6.97. The van der Waals surface area contributed by atoms with Crippen molar-refractivity contribution >= 4 is 12.6 Å². The molecule has 0 aromatic heterocycles. The van der Waals surface area contributed by atoms with Crippen molar-refractivity contribution in [1.29, 1.82) is 0 Å². The maximum atomic E-state index is 8.81. The summed E-state index contributed by atoms with van der Waals surface area (Å²) in [5, 5.41) is 0. The molecule has 0 amide bonds. The predicted octanol–water partition coefficient (Wildman–Crippen LogP) is 1.89. The van der Waals surface area contributed by atoms with Crippen LogP contribution < -0.4 is 0 Å². The van der Waals surface area contributed by atoms with Gasteiger partial charge >= 0.3 is 0 Å². The lowest BCUT2D eigenvalue weighted by molar-refractivity contribution is -0.106. The molecule has 2 nitrogen and oxygen atoms in total. The monoisotopic (exact) mass is 133 g/mol. The molecule has 0 unspecified atom stereocenters. The van der Waals surface area contributed by atoms with E-state index in [2.05, 4.69) is 0 Å². The van der Waals surface area contributed by atoms with Crippen molar-refractivity contribution in [3.8, 4) is 0 Å². The fraction of sp³-hybridized carbons (Fsp3) is 0.571. The number of carbonyl (C=O) groups excluding carboxylic acids is 2. The Kier molecular flexibility index (Phi) is 436. The van der Waals surface area contributed by atoms with Crippen LogP contribution in [0.3, 0.4) is 0 Å². The Hall–Kier alpha value is -0.660. The van der Waals surface area contributed by atoms with Crippen LogP contribution in [0, 0.1) is 7.43 Å². The lowest BCUT2D eigenvalue weighted by atomic mass is 11.0. The van der Waals surface area contributed by atoms with Crippen molar-refractivity contribution in [2.75, 3.05) is 0 Å². The first kappa shape index (κ1) is 23.9. The summed E-state index contributed by atoms with van der Waals surface area (Å²) < 4.78 is 0. The molecule has 0 saturated heterocycles. The molecule has 0 bridgehead atoms. The van der Waals surface area contributed by atoms with Gasteiger partial charge in [-0.1, -0.05) is 13.8 Å². The van der Waals surface area contributed by atoms with E-state index in [0.717, 1.165) is 12.6 Å². The van der Waals surface area contributed by atoms with E-state index in [-0.39, 0.29) is 7.43 Å². The zero-order chi connectivity index (χ0) is 7.41. The molecule has 0 aromatic rings. The second-order valence-corrected chi connectivity index (χ2v) is 0.471. The first-order valence-electron chi connectivity index (χ1n) is 2.63. The molecule has 58 valence electrons. The fourth-order valence-corrected chi connectivity index (χ4v) is 0. The van der Waals surface area contributed by atoms with E-state index in [1.54, 1.807) is 0 Å². The number of hydrogen-bond acceptors (Lipinski definition) is 2. The third-order valence-corrected chi connectivity index (χ3v) is 0. The number of hydrogen-bond donors (Lipinski definition) is 0. The van der Waals surface area contributed by atoms with E-state index < -0.39 is 0 Å². The minimum atomic E-state index is 0. The quantitative estimate of drug-likeness (QED) is 0.373. The standard InChI is InChI=1S/2C2H4O.C2H6.CH3/c2*1-2-3;1-2;/h2*2H,1H3;1-2H3;1H3/q;;;-1. The van der Waals surface area contributed by atoms with Gasteiger partial charge in [-0.3, -0.25) is 0 Å². The van der Waals surface area contributed by atoms with Gasteiger partial charge in [-0.25, -0.2) is 0 Å². The van der Waals surface area contributed by atoms with Gasteiger partial charge in [0.05, 0.1) is 0 Å². The third kappa shape index (κ3) is 480. The molecular formula is C7H17O2-. The van der Waals surface area contributed by atoms with Gasteiger partial charge in [0, 0.05) is 0 Å². The third-order valence-electron chi connectivity index (χ3n) is 0. The molecule has 0 aliphatic heterocycles. The number of aldehydes is 2. The van der Waals surface area contributed by atoms with Crippen LogP contribution in [0.1, 0.15) is 27.7 Å². The van der Waals surface area contributed by atoms with Crippen LogP contribution in [0.2, 0.25) is 0 Å². The molecular weight excluding hydrogens is 116 g/mol. The summed E-state index contributed by atoms with van der Waals surface area (Å²) >= 11 is 0. The molecule has 0 aliphatic rings. The Bertz CT molecular complexity index is 27.9. The molecule has 0 atom stereocenters. The number of rotatable bonds is 0. The van der Waals surface area contributed by atoms with Crippen LogP contribution in [0.25, 0.3) is 0 Å². The van der Waals surface area contributed by atoms with Crippen LogP contribution in [0.5, 0.6) is 0 Å². The van der Waals surface area contributed by atoms with Crippen molar-refractivity contribution in [2.24, 2.45) is 0 Å². The highest BCUT2D eigenvalue weighted by atomic mass is 16.1. The first-order valence-corrected chi connectivity index (χ1v) is 2.63. The highest BCUT2D eigenvalue weighted by Gasteiger charge is 1.24. The second kappa shape index (κ2) is 164. The summed E-state index contributed by atoms with van der Waals surface area (Å²) in [7, 11) is 0. The summed E-state index contributed by atoms with van der Waals surface area (Å²) in [5.74, 6) is 0. The van der Waals surface area contributed by atoms with Crippen molar-refractivity contribution in [2.45, 2.75) is 27.7 Å². The van der Waals surface area contributed by atoms with Gasteiger partial charge in [0.1, 0.15) is 12.6 Å². The van der Waals surface area contributed by atoms with Crippen molar-refractivity contribution in [3.63, 3.8) is 0 Å². The fourth-order valence-electron chi connectivity index (χ4n) is 0. The van der Waals surface area contributed by atoms with Crippen LogP contribution >= 0.6 is 0 Å². The summed E-state index contributed by atoms with van der Waals surface area (Å²) in [6.45, 7) is 6.89. The maximum Gasteiger partial charge on any atom is 0.116 e. The Morgan fingerprint density at radius 1 is 0.889 bits per heavy atom. The molecule has 0 rings (SSSR count).